The maximum absolute atomic E-state index is 12.8. The number of carbonyl (C=O) groups excluding carboxylic acids is 1. The van der Waals surface area contributed by atoms with Crippen LogP contribution in [0.15, 0.2) is 63.5 Å². The van der Waals surface area contributed by atoms with Crippen LogP contribution in [0.4, 0.5) is 11.4 Å². The van der Waals surface area contributed by atoms with Gasteiger partial charge in [0.05, 0.1) is 27.2 Å². The van der Waals surface area contributed by atoms with Gasteiger partial charge in [0, 0.05) is 4.47 Å². The number of para-hydroxylation sites is 2. The topological polar surface area (TPSA) is 90.7 Å². The number of halogens is 2. The number of non-ortho nitro benzene ring substituents is 1. The molecule has 3 aromatic carbocycles. The SMILES string of the molecule is O=C1Nc2ccccc2Oc2cc([N+](=O)[O-])cc(Oc3ccc(Br)cc3Br)c21. The Kier molecular flexibility index (Phi) is 4.78. The molecule has 1 amide bonds. The Balaban J connectivity index is 1.87. The lowest BCUT2D eigenvalue weighted by molar-refractivity contribution is -0.385. The number of ether oxygens (including phenoxy) is 2. The zero-order valence-corrected chi connectivity index (χ0v) is 17.1. The molecule has 0 spiro atoms. The fraction of sp³-hybridized carbons (Fsp3) is 0. The standard InChI is InChI=1S/C19H10Br2N2O5/c20-10-5-6-14(12(21)7-10)27-16-8-11(23(25)26)9-17-18(16)19(24)22-13-3-1-2-4-15(13)28-17/h1-9H,(H,22,24). The average molecular weight is 506 g/mol. The van der Waals surface area contributed by atoms with Crippen molar-refractivity contribution in [2.45, 2.75) is 0 Å². The third-order valence-electron chi connectivity index (χ3n) is 3.96. The summed E-state index contributed by atoms with van der Waals surface area (Å²) in [4.78, 5) is 23.7. The summed E-state index contributed by atoms with van der Waals surface area (Å²) in [5.74, 6) is 0.335. The molecular formula is C19H10Br2N2O5. The predicted molar refractivity (Wildman–Crippen MR) is 109 cm³/mol. The van der Waals surface area contributed by atoms with E-state index in [2.05, 4.69) is 37.2 Å². The Morgan fingerprint density at radius 2 is 1.79 bits per heavy atom. The van der Waals surface area contributed by atoms with Gasteiger partial charge in [0.1, 0.15) is 11.3 Å². The largest absolute Gasteiger partial charge is 0.455 e. The molecule has 1 N–H and O–H groups in total. The molecular weight excluding hydrogens is 496 g/mol. The summed E-state index contributed by atoms with van der Waals surface area (Å²) >= 11 is 6.73. The fourth-order valence-electron chi connectivity index (χ4n) is 2.70. The summed E-state index contributed by atoms with van der Waals surface area (Å²) in [7, 11) is 0. The van der Waals surface area contributed by atoms with Crippen LogP contribution in [0.2, 0.25) is 0 Å². The second-order valence-corrected chi connectivity index (χ2v) is 7.57. The Bertz CT molecular complexity index is 1130. The molecule has 4 rings (SSSR count). The molecule has 0 saturated carbocycles. The van der Waals surface area contributed by atoms with Gasteiger partial charge in [-0.2, -0.15) is 0 Å². The number of nitro groups is 1. The van der Waals surface area contributed by atoms with Gasteiger partial charge >= 0.3 is 0 Å². The van der Waals surface area contributed by atoms with Gasteiger partial charge in [-0.1, -0.05) is 28.1 Å². The van der Waals surface area contributed by atoms with Crippen molar-refractivity contribution in [3.8, 4) is 23.0 Å². The molecule has 0 fully saturated rings. The minimum absolute atomic E-state index is 0.0116. The molecule has 3 aromatic rings. The molecule has 9 heteroatoms. The van der Waals surface area contributed by atoms with E-state index in [4.69, 9.17) is 9.47 Å². The van der Waals surface area contributed by atoms with Crippen molar-refractivity contribution in [3.63, 3.8) is 0 Å². The monoisotopic (exact) mass is 504 g/mol. The highest BCUT2D eigenvalue weighted by Gasteiger charge is 2.29. The Morgan fingerprint density at radius 1 is 1.00 bits per heavy atom. The molecule has 0 bridgehead atoms. The van der Waals surface area contributed by atoms with Gasteiger partial charge in [0.15, 0.2) is 17.2 Å². The number of amides is 1. The number of anilines is 1. The van der Waals surface area contributed by atoms with E-state index in [0.29, 0.717) is 21.7 Å². The van der Waals surface area contributed by atoms with Crippen LogP contribution >= 0.6 is 31.9 Å². The van der Waals surface area contributed by atoms with E-state index in [-0.39, 0.29) is 22.7 Å². The van der Waals surface area contributed by atoms with Crippen molar-refractivity contribution in [2.24, 2.45) is 0 Å². The molecule has 7 nitrogen and oxygen atoms in total. The first-order valence-electron chi connectivity index (χ1n) is 7.96. The number of nitrogens with one attached hydrogen (secondary N) is 1. The van der Waals surface area contributed by atoms with Crippen molar-refractivity contribution in [2.75, 3.05) is 5.32 Å². The van der Waals surface area contributed by atoms with Crippen LogP contribution in [0, 0.1) is 10.1 Å². The van der Waals surface area contributed by atoms with Crippen LogP contribution in [-0.2, 0) is 0 Å². The highest BCUT2D eigenvalue weighted by molar-refractivity contribution is 9.11. The molecule has 0 atom stereocenters. The van der Waals surface area contributed by atoms with Crippen molar-refractivity contribution in [1.29, 1.82) is 0 Å². The van der Waals surface area contributed by atoms with Gasteiger partial charge in [-0.05, 0) is 46.3 Å². The van der Waals surface area contributed by atoms with Gasteiger partial charge in [0.25, 0.3) is 11.6 Å². The number of hydrogen-bond donors (Lipinski definition) is 1. The normalized spacial score (nSPS) is 12.1. The summed E-state index contributed by atoms with van der Waals surface area (Å²) < 4.78 is 13.1. The maximum atomic E-state index is 12.8. The van der Waals surface area contributed by atoms with Gasteiger partial charge in [-0.3, -0.25) is 14.9 Å². The summed E-state index contributed by atoms with van der Waals surface area (Å²) in [5, 5.41) is 14.1. The van der Waals surface area contributed by atoms with Gasteiger partial charge < -0.3 is 14.8 Å². The summed E-state index contributed by atoms with van der Waals surface area (Å²) in [5.41, 5.74) is 0.271. The van der Waals surface area contributed by atoms with E-state index in [1.54, 1.807) is 42.5 Å². The molecule has 1 aliphatic rings. The first-order valence-corrected chi connectivity index (χ1v) is 9.54. The zero-order valence-electron chi connectivity index (χ0n) is 13.9. The zero-order chi connectivity index (χ0) is 19.8. The molecule has 0 saturated heterocycles. The molecule has 0 unspecified atom stereocenters. The molecule has 0 aliphatic carbocycles. The van der Waals surface area contributed by atoms with Gasteiger partial charge in [-0.15, -0.1) is 0 Å². The second kappa shape index (κ2) is 7.25. The summed E-state index contributed by atoms with van der Waals surface area (Å²) in [6.07, 6.45) is 0. The number of fused-ring (bicyclic) bond motifs is 2. The van der Waals surface area contributed by atoms with Crippen LogP contribution in [0.5, 0.6) is 23.0 Å². The highest BCUT2D eigenvalue weighted by atomic mass is 79.9. The Hall–Kier alpha value is -2.91. The summed E-state index contributed by atoms with van der Waals surface area (Å²) in [6, 6.07) is 14.4. The van der Waals surface area contributed by atoms with E-state index in [9.17, 15) is 14.9 Å². The molecule has 0 aromatic heterocycles. The third-order valence-corrected chi connectivity index (χ3v) is 5.07. The number of nitro benzene ring substituents is 1. The first kappa shape index (κ1) is 18.5. The fourth-order valence-corrected chi connectivity index (χ4v) is 3.83. The van der Waals surface area contributed by atoms with Crippen molar-refractivity contribution >= 4 is 49.1 Å². The smallest absolute Gasteiger partial charge is 0.276 e. The molecule has 140 valence electrons. The van der Waals surface area contributed by atoms with Crippen LogP contribution < -0.4 is 14.8 Å². The van der Waals surface area contributed by atoms with E-state index < -0.39 is 10.8 Å². The molecule has 1 aliphatic heterocycles. The minimum Gasteiger partial charge on any atom is -0.455 e. The van der Waals surface area contributed by atoms with E-state index in [1.807, 2.05) is 0 Å². The van der Waals surface area contributed by atoms with Crippen molar-refractivity contribution < 1.29 is 19.2 Å². The number of carbonyl (C=O) groups is 1. The number of hydrogen-bond acceptors (Lipinski definition) is 5. The highest BCUT2D eigenvalue weighted by Crippen LogP contribution is 2.43. The number of benzene rings is 3. The van der Waals surface area contributed by atoms with Crippen LogP contribution in [-0.4, -0.2) is 10.8 Å². The van der Waals surface area contributed by atoms with E-state index in [1.165, 1.54) is 12.1 Å². The second-order valence-electron chi connectivity index (χ2n) is 5.80. The minimum atomic E-state index is -0.568. The quantitative estimate of drug-likeness (QED) is 0.334. The van der Waals surface area contributed by atoms with E-state index in [0.717, 1.165) is 4.47 Å². The molecule has 1 heterocycles. The number of rotatable bonds is 3. The lowest BCUT2D eigenvalue weighted by Gasteiger charge is -2.13. The van der Waals surface area contributed by atoms with Crippen LogP contribution in [0.1, 0.15) is 10.4 Å². The van der Waals surface area contributed by atoms with E-state index >= 15 is 0 Å². The predicted octanol–water partition coefficient (Wildman–Crippen LogP) is 6.27. The molecule has 28 heavy (non-hydrogen) atoms. The lowest BCUT2D eigenvalue weighted by atomic mass is 10.1. The van der Waals surface area contributed by atoms with Crippen LogP contribution in [0.3, 0.4) is 0 Å². The Labute approximate surface area is 175 Å². The van der Waals surface area contributed by atoms with Crippen molar-refractivity contribution in [3.05, 3.63) is 79.2 Å². The van der Waals surface area contributed by atoms with Crippen molar-refractivity contribution in [1.82, 2.24) is 0 Å². The Morgan fingerprint density at radius 3 is 2.54 bits per heavy atom. The summed E-state index contributed by atoms with van der Waals surface area (Å²) in [6.45, 7) is 0. The number of nitrogens with zero attached hydrogens (tertiary/aromatic N) is 1. The third kappa shape index (κ3) is 3.46. The van der Waals surface area contributed by atoms with Gasteiger partial charge in [-0.25, -0.2) is 0 Å². The van der Waals surface area contributed by atoms with Gasteiger partial charge in [0.2, 0.25) is 0 Å². The first-order chi connectivity index (χ1) is 13.4. The van der Waals surface area contributed by atoms with Crippen LogP contribution in [0.25, 0.3) is 0 Å². The maximum Gasteiger partial charge on any atom is 0.276 e. The lowest BCUT2D eigenvalue weighted by Crippen LogP contribution is -2.12. The molecule has 0 radical (unpaired) electrons. The average Bonchev–Trinajstić information content (AvgIpc) is 2.79.